The number of hydrogen-bond donors (Lipinski definition) is 1. The smallest absolute Gasteiger partial charge is 0.123 e. The van der Waals surface area contributed by atoms with Crippen LogP contribution < -0.4 is 5.32 Å². The minimum atomic E-state index is -0.216. The summed E-state index contributed by atoms with van der Waals surface area (Å²) in [6.07, 6.45) is 0.860. The lowest BCUT2D eigenvalue weighted by molar-refractivity contribution is 0.0165. The van der Waals surface area contributed by atoms with E-state index in [2.05, 4.69) is 23.5 Å². The van der Waals surface area contributed by atoms with Crippen molar-refractivity contribution in [3.8, 4) is 0 Å². The van der Waals surface area contributed by atoms with Gasteiger partial charge in [0, 0.05) is 0 Å². The largest absolute Gasteiger partial charge is 0.371 e. The summed E-state index contributed by atoms with van der Waals surface area (Å²) in [5.74, 6) is -0.216. The van der Waals surface area contributed by atoms with Crippen molar-refractivity contribution >= 4 is 0 Å². The van der Waals surface area contributed by atoms with Gasteiger partial charge >= 0.3 is 0 Å². The topological polar surface area (TPSA) is 21.3 Å². The summed E-state index contributed by atoms with van der Waals surface area (Å²) in [6, 6.07) is 15.0. The van der Waals surface area contributed by atoms with Gasteiger partial charge < -0.3 is 10.1 Å². The molecule has 3 rings (SSSR count). The predicted molar refractivity (Wildman–Crippen MR) is 77.0 cm³/mol. The first-order valence-corrected chi connectivity index (χ1v) is 6.91. The lowest BCUT2D eigenvalue weighted by Gasteiger charge is -2.32. The van der Waals surface area contributed by atoms with E-state index in [1.807, 2.05) is 19.2 Å². The highest BCUT2D eigenvalue weighted by atomic mass is 19.1. The minimum Gasteiger partial charge on any atom is -0.371 e. The Morgan fingerprint density at radius 2 is 2.05 bits per heavy atom. The summed E-state index contributed by atoms with van der Waals surface area (Å²) in [7, 11) is 1.89. The van der Waals surface area contributed by atoms with E-state index in [1.54, 1.807) is 12.1 Å². The van der Waals surface area contributed by atoms with E-state index in [1.165, 1.54) is 17.2 Å². The molecule has 0 aliphatic carbocycles. The van der Waals surface area contributed by atoms with E-state index >= 15 is 0 Å². The molecule has 20 heavy (non-hydrogen) atoms. The Hall–Kier alpha value is -1.71. The van der Waals surface area contributed by atoms with E-state index in [-0.39, 0.29) is 18.0 Å². The molecule has 0 saturated heterocycles. The quantitative estimate of drug-likeness (QED) is 0.923. The first kappa shape index (κ1) is 13.3. The van der Waals surface area contributed by atoms with Gasteiger partial charge in [0.2, 0.25) is 0 Å². The van der Waals surface area contributed by atoms with Gasteiger partial charge in [0.05, 0.1) is 12.6 Å². The molecule has 104 valence electrons. The Balaban J connectivity index is 1.99. The van der Waals surface area contributed by atoms with Crippen LogP contribution in [0.2, 0.25) is 0 Å². The van der Waals surface area contributed by atoms with E-state index in [4.69, 9.17) is 4.74 Å². The number of likely N-dealkylation sites (N-methyl/N-ethyl adjacent to an activating group) is 1. The number of nitrogens with one attached hydrogen (secondary N) is 1. The van der Waals surface area contributed by atoms with Crippen LogP contribution in [0.4, 0.5) is 4.39 Å². The Labute approximate surface area is 118 Å². The number of fused-ring (bicyclic) bond motifs is 1. The molecule has 0 saturated carbocycles. The molecule has 0 bridgehead atoms. The van der Waals surface area contributed by atoms with Crippen LogP contribution in [-0.4, -0.2) is 13.7 Å². The zero-order valence-electron chi connectivity index (χ0n) is 11.5. The maximum Gasteiger partial charge on any atom is 0.123 e. The van der Waals surface area contributed by atoms with Gasteiger partial charge in [0.25, 0.3) is 0 Å². The van der Waals surface area contributed by atoms with Crippen LogP contribution >= 0.6 is 0 Å². The number of hydrogen-bond acceptors (Lipinski definition) is 2. The third kappa shape index (κ3) is 2.47. The van der Waals surface area contributed by atoms with Gasteiger partial charge in [-0.2, -0.15) is 0 Å². The fraction of sp³-hybridized carbons (Fsp3) is 0.294. The number of halogens is 1. The fourth-order valence-corrected chi connectivity index (χ4v) is 2.89. The van der Waals surface area contributed by atoms with Crippen LogP contribution in [0, 0.1) is 5.82 Å². The third-order valence-electron chi connectivity index (χ3n) is 3.85. The molecule has 1 aliphatic heterocycles. The summed E-state index contributed by atoms with van der Waals surface area (Å²) >= 11 is 0. The first-order valence-electron chi connectivity index (χ1n) is 6.91. The van der Waals surface area contributed by atoms with Gasteiger partial charge in [-0.25, -0.2) is 4.39 Å². The van der Waals surface area contributed by atoms with E-state index in [9.17, 15) is 4.39 Å². The molecule has 0 spiro atoms. The second-order valence-electron chi connectivity index (χ2n) is 5.06. The first-order chi connectivity index (χ1) is 9.79. The molecule has 1 aliphatic rings. The monoisotopic (exact) mass is 271 g/mol. The summed E-state index contributed by atoms with van der Waals surface area (Å²) in [6.45, 7) is 0.704. The average molecular weight is 271 g/mol. The highest BCUT2D eigenvalue weighted by Gasteiger charge is 2.29. The van der Waals surface area contributed by atoms with Gasteiger partial charge in [-0.05, 0) is 42.3 Å². The SMILES string of the molecule is CNC(c1cccc(F)c1)C1OCCc2ccccc21. The lowest BCUT2D eigenvalue weighted by Crippen LogP contribution is -2.29. The second-order valence-corrected chi connectivity index (χ2v) is 5.06. The summed E-state index contributed by atoms with van der Waals surface area (Å²) in [5.41, 5.74) is 3.43. The molecule has 2 atom stereocenters. The molecular formula is C17H18FNO. The Kier molecular flexibility index (Phi) is 3.81. The molecule has 2 aromatic carbocycles. The van der Waals surface area contributed by atoms with Crippen molar-refractivity contribution in [3.05, 3.63) is 71.0 Å². The maximum atomic E-state index is 13.5. The van der Waals surface area contributed by atoms with Crippen LogP contribution in [0.3, 0.4) is 0 Å². The van der Waals surface area contributed by atoms with Crippen molar-refractivity contribution in [1.29, 1.82) is 0 Å². The van der Waals surface area contributed by atoms with Crippen molar-refractivity contribution < 1.29 is 9.13 Å². The second kappa shape index (κ2) is 5.73. The Bertz CT molecular complexity index is 599. The molecule has 2 unspecified atom stereocenters. The Morgan fingerprint density at radius 1 is 1.20 bits per heavy atom. The fourth-order valence-electron chi connectivity index (χ4n) is 2.89. The van der Waals surface area contributed by atoms with Crippen molar-refractivity contribution in [3.63, 3.8) is 0 Å². The van der Waals surface area contributed by atoms with Crippen molar-refractivity contribution in [2.45, 2.75) is 18.6 Å². The van der Waals surface area contributed by atoms with Crippen LogP contribution in [0.5, 0.6) is 0 Å². The molecule has 0 fully saturated rings. The zero-order chi connectivity index (χ0) is 13.9. The van der Waals surface area contributed by atoms with Crippen LogP contribution in [0.15, 0.2) is 48.5 Å². The number of rotatable bonds is 3. The number of ether oxygens (including phenoxy) is 1. The van der Waals surface area contributed by atoms with Crippen molar-refractivity contribution in [2.24, 2.45) is 0 Å². The van der Waals surface area contributed by atoms with Gasteiger partial charge in [-0.15, -0.1) is 0 Å². The minimum absolute atomic E-state index is 0.0489. The third-order valence-corrected chi connectivity index (χ3v) is 3.85. The highest BCUT2D eigenvalue weighted by Crippen LogP contribution is 2.36. The Morgan fingerprint density at radius 3 is 2.85 bits per heavy atom. The van der Waals surface area contributed by atoms with Crippen molar-refractivity contribution in [2.75, 3.05) is 13.7 Å². The molecular weight excluding hydrogens is 253 g/mol. The van der Waals surface area contributed by atoms with Crippen molar-refractivity contribution in [1.82, 2.24) is 5.32 Å². The molecule has 0 aromatic heterocycles. The molecule has 2 nitrogen and oxygen atoms in total. The lowest BCUT2D eigenvalue weighted by atomic mass is 9.90. The van der Waals surface area contributed by atoms with E-state index < -0.39 is 0 Å². The summed E-state index contributed by atoms with van der Waals surface area (Å²) < 4.78 is 19.4. The summed E-state index contributed by atoms with van der Waals surface area (Å²) in [4.78, 5) is 0. The highest BCUT2D eigenvalue weighted by molar-refractivity contribution is 5.34. The van der Waals surface area contributed by atoms with Crippen LogP contribution in [0.25, 0.3) is 0 Å². The van der Waals surface area contributed by atoms with Gasteiger partial charge in [0.15, 0.2) is 0 Å². The number of benzene rings is 2. The molecule has 0 amide bonds. The molecule has 1 N–H and O–H groups in total. The predicted octanol–water partition coefficient (Wildman–Crippen LogP) is 3.40. The molecule has 1 heterocycles. The van der Waals surface area contributed by atoms with Crippen LogP contribution in [-0.2, 0) is 11.2 Å². The van der Waals surface area contributed by atoms with Crippen LogP contribution in [0.1, 0.15) is 28.8 Å². The zero-order valence-corrected chi connectivity index (χ0v) is 11.5. The molecule has 0 radical (unpaired) electrons. The standard InChI is InChI=1S/C17H18FNO/c1-19-16(13-6-4-7-14(18)11-13)17-15-8-3-2-5-12(15)9-10-20-17/h2-8,11,16-17,19H,9-10H2,1H3. The van der Waals surface area contributed by atoms with E-state index in [0.29, 0.717) is 6.61 Å². The van der Waals surface area contributed by atoms with Gasteiger partial charge in [-0.3, -0.25) is 0 Å². The van der Waals surface area contributed by atoms with Gasteiger partial charge in [-0.1, -0.05) is 36.4 Å². The normalized spacial score (nSPS) is 19.4. The molecule has 2 aromatic rings. The van der Waals surface area contributed by atoms with E-state index in [0.717, 1.165) is 12.0 Å². The average Bonchev–Trinajstić information content (AvgIpc) is 2.48. The van der Waals surface area contributed by atoms with Gasteiger partial charge in [0.1, 0.15) is 11.9 Å². The maximum absolute atomic E-state index is 13.5. The molecule has 3 heteroatoms. The summed E-state index contributed by atoms with van der Waals surface area (Å²) in [5, 5.41) is 3.26.